The molecule has 7 heteroatoms. The van der Waals surface area contributed by atoms with E-state index in [1.54, 1.807) is 0 Å². The summed E-state index contributed by atoms with van der Waals surface area (Å²) in [6.07, 6.45) is 5.85. The molecule has 2 amide bonds. The molecule has 1 unspecified atom stereocenters. The Hall–Kier alpha value is -1.66. The molecule has 136 valence electrons. The predicted molar refractivity (Wildman–Crippen MR) is 95.0 cm³/mol. The molecule has 0 saturated carbocycles. The molecule has 0 radical (unpaired) electrons. The van der Waals surface area contributed by atoms with Crippen molar-refractivity contribution in [2.24, 2.45) is 5.92 Å². The molecular formula is C18H23ClFN3O2. The molecule has 1 aromatic carbocycles. The van der Waals surface area contributed by atoms with Crippen LogP contribution in [0.2, 0.25) is 5.02 Å². The average molecular weight is 368 g/mol. The first-order chi connectivity index (χ1) is 12.0. The number of amides is 2. The molecule has 0 spiro atoms. The molecule has 3 rings (SSSR count). The normalized spacial score (nSPS) is 23.6. The summed E-state index contributed by atoms with van der Waals surface area (Å²) in [7, 11) is 0. The van der Waals surface area contributed by atoms with Crippen LogP contribution in [0.1, 0.15) is 32.1 Å². The Bertz CT molecular complexity index is 653. The van der Waals surface area contributed by atoms with Gasteiger partial charge in [0, 0.05) is 18.3 Å². The highest BCUT2D eigenvalue weighted by Gasteiger charge is 2.33. The van der Waals surface area contributed by atoms with Crippen LogP contribution in [0.5, 0.6) is 0 Å². The van der Waals surface area contributed by atoms with Crippen molar-refractivity contribution in [1.82, 2.24) is 10.2 Å². The van der Waals surface area contributed by atoms with Gasteiger partial charge in [-0.3, -0.25) is 9.59 Å². The van der Waals surface area contributed by atoms with Gasteiger partial charge in [0.2, 0.25) is 0 Å². The highest BCUT2D eigenvalue weighted by Crippen LogP contribution is 2.30. The number of hydrogen-bond acceptors (Lipinski definition) is 3. The molecule has 5 nitrogen and oxygen atoms in total. The number of rotatable bonds is 3. The molecule has 0 aliphatic carbocycles. The van der Waals surface area contributed by atoms with Crippen molar-refractivity contribution in [2.45, 2.75) is 38.1 Å². The summed E-state index contributed by atoms with van der Waals surface area (Å²) in [5, 5.41) is 5.10. The molecule has 2 fully saturated rings. The standard InChI is InChI=1S/C18H23ClFN3O2/c19-14-7-6-13(10-15(14)20)22-18(25)17(24)21-11-12-4-3-9-23-8-2-1-5-16(12)23/h6-7,10,12,16H,1-5,8-9,11H2,(H,21,24)(H,22,25)/t12?,16-/m1/s1. The second-order valence-electron chi connectivity index (χ2n) is 6.79. The van der Waals surface area contributed by atoms with E-state index in [4.69, 9.17) is 11.6 Å². The number of anilines is 1. The second-order valence-corrected chi connectivity index (χ2v) is 7.20. The summed E-state index contributed by atoms with van der Waals surface area (Å²) in [6, 6.07) is 4.40. The van der Waals surface area contributed by atoms with E-state index in [0.717, 1.165) is 38.4 Å². The highest BCUT2D eigenvalue weighted by atomic mass is 35.5. The van der Waals surface area contributed by atoms with Crippen molar-refractivity contribution in [3.05, 3.63) is 29.0 Å². The lowest BCUT2D eigenvalue weighted by atomic mass is 9.83. The largest absolute Gasteiger partial charge is 0.347 e. The van der Waals surface area contributed by atoms with E-state index in [-0.39, 0.29) is 10.7 Å². The lowest BCUT2D eigenvalue weighted by Gasteiger charge is -2.44. The fraction of sp³-hybridized carbons (Fsp3) is 0.556. The average Bonchev–Trinajstić information content (AvgIpc) is 2.62. The maximum absolute atomic E-state index is 13.4. The Kier molecular flexibility index (Phi) is 5.91. The van der Waals surface area contributed by atoms with Gasteiger partial charge in [0.25, 0.3) is 0 Å². The van der Waals surface area contributed by atoms with Crippen molar-refractivity contribution in [2.75, 3.05) is 25.0 Å². The number of benzene rings is 1. The van der Waals surface area contributed by atoms with Gasteiger partial charge < -0.3 is 15.5 Å². The zero-order valence-electron chi connectivity index (χ0n) is 14.1. The Morgan fingerprint density at radius 3 is 2.76 bits per heavy atom. The number of carbonyl (C=O) groups is 2. The quantitative estimate of drug-likeness (QED) is 0.807. The van der Waals surface area contributed by atoms with Crippen LogP contribution in [0.25, 0.3) is 0 Å². The summed E-state index contributed by atoms with van der Waals surface area (Å²) in [5.74, 6) is -1.74. The van der Waals surface area contributed by atoms with Gasteiger partial charge in [0.1, 0.15) is 5.82 Å². The summed E-state index contributed by atoms with van der Waals surface area (Å²) in [5.41, 5.74) is 0.207. The molecule has 0 bridgehead atoms. The Balaban J connectivity index is 1.51. The Morgan fingerprint density at radius 1 is 1.16 bits per heavy atom. The summed E-state index contributed by atoms with van der Waals surface area (Å²) in [6.45, 7) is 2.78. The number of piperidine rings is 2. The molecule has 2 N–H and O–H groups in total. The van der Waals surface area contributed by atoms with Gasteiger partial charge in [0.05, 0.1) is 5.02 Å². The lowest BCUT2D eigenvalue weighted by Crippen LogP contribution is -2.51. The third-order valence-electron chi connectivity index (χ3n) is 5.14. The number of nitrogens with one attached hydrogen (secondary N) is 2. The molecule has 2 saturated heterocycles. The zero-order valence-corrected chi connectivity index (χ0v) is 14.8. The zero-order chi connectivity index (χ0) is 17.8. The second kappa shape index (κ2) is 8.15. The monoisotopic (exact) mass is 367 g/mol. The SMILES string of the molecule is O=C(NCC1CCCN2CCCC[C@H]12)C(=O)Nc1ccc(Cl)c(F)c1. The number of nitrogens with zero attached hydrogens (tertiary/aromatic N) is 1. The van der Waals surface area contributed by atoms with E-state index in [2.05, 4.69) is 15.5 Å². The molecule has 0 aromatic heterocycles. The van der Waals surface area contributed by atoms with Gasteiger partial charge in [0.15, 0.2) is 0 Å². The van der Waals surface area contributed by atoms with E-state index in [1.165, 1.54) is 25.0 Å². The van der Waals surface area contributed by atoms with Crippen molar-refractivity contribution in [3.63, 3.8) is 0 Å². The van der Waals surface area contributed by atoms with Crippen LogP contribution in [0, 0.1) is 11.7 Å². The maximum atomic E-state index is 13.4. The van der Waals surface area contributed by atoms with Crippen molar-refractivity contribution < 1.29 is 14.0 Å². The minimum Gasteiger partial charge on any atom is -0.347 e. The van der Waals surface area contributed by atoms with E-state index < -0.39 is 17.6 Å². The van der Waals surface area contributed by atoms with Gasteiger partial charge in [-0.15, -0.1) is 0 Å². The fourth-order valence-corrected chi connectivity index (χ4v) is 4.00. The van der Waals surface area contributed by atoms with Crippen LogP contribution in [-0.2, 0) is 9.59 Å². The van der Waals surface area contributed by atoms with Crippen molar-refractivity contribution in [3.8, 4) is 0 Å². The lowest BCUT2D eigenvalue weighted by molar-refractivity contribution is -0.136. The number of hydrogen-bond donors (Lipinski definition) is 2. The topological polar surface area (TPSA) is 61.4 Å². The third-order valence-corrected chi connectivity index (χ3v) is 5.44. The molecule has 25 heavy (non-hydrogen) atoms. The maximum Gasteiger partial charge on any atom is 0.313 e. The van der Waals surface area contributed by atoms with Crippen LogP contribution in [0.3, 0.4) is 0 Å². The number of fused-ring (bicyclic) bond motifs is 1. The van der Waals surface area contributed by atoms with Gasteiger partial charge in [-0.05, 0) is 62.9 Å². The van der Waals surface area contributed by atoms with Gasteiger partial charge in [-0.2, -0.15) is 0 Å². The summed E-state index contributed by atoms with van der Waals surface area (Å²) < 4.78 is 13.4. The molecule has 1 aromatic rings. The fourth-order valence-electron chi connectivity index (χ4n) is 3.88. The van der Waals surface area contributed by atoms with Crippen LogP contribution in [0.15, 0.2) is 18.2 Å². The third kappa shape index (κ3) is 4.50. The minimum absolute atomic E-state index is 0.0308. The first-order valence-corrected chi connectivity index (χ1v) is 9.20. The van der Waals surface area contributed by atoms with Gasteiger partial charge >= 0.3 is 11.8 Å². The molecule has 2 atom stereocenters. The van der Waals surface area contributed by atoms with E-state index >= 15 is 0 Å². The van der Waals surface area contributed by atoms with E-state index in [0.29, 0.717) is 18.5 Å². The highest BCUT2D eigenvalue weighted by molar-refractivity contribution is 6.39. The van der Waals surface area contributed by atoms with Gasteiger partial charge in [-0.1, -0.05) is 18.0 Å². The Labute approximate surface area is 151 Å². The number of halogens is 2. The first kappa shape index (κ1) is 18.1. The first-order valence-electron chi connectivity index (χ1n) is 8.83. The molecule has 2 heterocycles. The molecule has 2 aliphatic heterocycles. The van der Waals surface area contributed by atoms with Crippen molar-refractivity contribution in [1.29, 1.82) is 0 Å². The van der Waals surface area contributed by atoms with Crippen LogP contribution in [-0.4, -0.2) is 42.4 Å². The minimum atomic E-state index is -0.793. The van der Waals surface area contributed by atoms with E-state index in [9.17, 15) is 14.0 Å². The van der Waals surface area contributed by atoms with Crippen LogP contribution < -0.4 is 10.6 Å². The van der Waals surface area contributed by atoms with Crippen molar-refractivity contribution >= 4 is 29.1 Å². The smallest absolute Gasteiger partial charge is 0.313 e. The molecular weight excluding hydrogens is 345 g/mol. The predicted octanol–water partition coefficient (Wildman–Crippen LogP) is 2.80. The summed E-state index contributed by atoms with van der Waals surface area (Å²) >= 11 is 5.60. The van der Waals surface area contributed by atoms with Gasteiger partial charge in [-0.25, -0.2) is 4.39 Å². The van der Waals surface area contributed by atoms with Crippen LogP contribution >= 0.6 is 11.6 Å². The summed E-state index contributed by atoms with van der Waals surface area (Å²) in [4.78, 5) is 26.5. The number of carbonyl (C=O) groups excluding carboxylic acids is 2. The molecule has 2 aliphatic rings. The van der Waals surface area contributed by atoms with E-state index in [1.807, 2.05) is 0 Å². The Morgan fingerprint density at radius 2 is 1.96 bits per heavy atom. The van der Waals surface area contributed by atoms with Crippen LogP contribution in [0.4, 0.5) is 10.1 Å².